The zero-order valence-corrected chi connectivity index (χ0v) is 11.0. The first-order valence-corrected chi connectivity index (χ1v) is 6.35. The smallest absolute Gasteiger partial charge is 0.165 e. The van der Waals surface area contributed by atoms with Gasteiger partial charge in [0.15, 0.2) is 11.5 Å². The average Bonchev–Trinajstić information content (AvgIpc) is 2.87. The molecule has 0 atom stereocenters. The van der Waals surface area contributed by atoms with Gasteiger partial charge in [-0.15, -0.1) is 0 Å². The fraction of sp³-hybridized carbons (Fsp3) is 0.583. The number of aliphatic hydroxyl groups is 2. The van der Waals surface area contributed by atoms with Crippen LogP contribution in [0.4, 0.5) is 5.82 Å². The summed E-state index contributed by atoms with van der Waals surface area (Å²) in [6.45, 7) is 0.799. The second-order valence-corrected chi connectivity index (χ2v) is 4.46. The summed E-state index contributed by atoms with van der Waals surface area (Å²) >= 11 is 0. The fourth-order valence-corrected chi connectivity index (χ4v) is 2.02. The van der Waals surface area contributed by atoms with E-state index in [-0.39, 0.29) is 19.1 Å². The van der Waals surface area contributed by atoms with E-state index >= 15 is 0 Å². The standard InChI is InChI=1S/C12H19N5O2/c1-13-11-10-12(15-7-14-11)17(8-16-10)4-2-3-9(5-18)6-19/h7-9,18-19H,2-6H2,1H3,(H,13,14,15). The van der Waals surface area contributed by atoms with Crippen LogP contribution in [0.5, 0.6) is 0 Å². The molecule has 0 aromatic carbocycles. The van der Waals surface area contributed by atoms with Crippen molar-refractivity contribution in [2.75, 3.05) is 25.6 Å². The van der Waals surface area contributed by atoms with Gasteiger partial charge in [0.25, 0.3) is 0 Å². The van der Waals surface area contributed by atoms with Crippen molar-refractivity contribution < 1.29 is 10.2 Å². The highest BCUT2D eigenvalue weighted by Gasteiger charge is 2.10. The van der Waals surface area contributed by atoms with E-state index in [9.17, 15) is 0 Å². The molecule has 0 radical (unpaired) electrons. The molecule has 0 aliphatic heterocycles. The van der Waals surface area contributed by atoms with Crippen LogP contribution >= 0.6 is 0 Å². The first kappa shape index (κ1) is 13.7. The first-order chi connectivity index (χ1) is 9.30. The molecule has 0 aliphatic carbocycles. The second-order valence-electron chi connectivity index (χ2n) is 4.46. The van der Waals surface area contributed by atoms with Crippen LogP contribution in [0.1, 0.15) is 12.8 Å². The summed E-state index contributed by atoms with van der Waals surface area (Å²) in [6, 6.07) is 0. The molecule has 2 rings (SSSR count). The van der Waals surface area contributed by atoms with E-state index in [4.69, 9.17) is 10.2 Å². The van der Waals surface area contributed by atoms with Gasteiger partial charge in [0, 0.05) is 32.7 Å². The summed E-state index contributed by atoms with van der Waals surface area (Å²) in [5, 5.41) is 21.0. The van der Waals surface area contributed by atoms with Gasteiger partial charge in [-0.25, -0.2) is 15.0 Å². The third-order valence-electron chi connectivity index (χ3n) is 3.17. The van der Waals surface area contributed by atoms with Gasteiger partial charge in [0.1, 0.15) is 11.8 Å². The summed E-state index contributed by atoms with van der Waals surface area (Å²) in [7, 11) is 1.80. The summed E-state index contributed by atoms with van der Waals surface area (Å²) in [4.78, 5) is 12.7. The number of aliphatic hydroxyl groups excluding tert-OH is 2. The minimum atomic E-state index is -0.0442. The van der Waals surface area contributed by atoms with Gasteiger partial charge in [-0.05, 0) is 12.8 Å². The molecule has 0 aliphatic rings. The van der Waals surface area contributed by atoms with Gasteiger partial charge in [0.05, 0.1) is 6.33 Å². The highest BCUT2D eigenvalue weighted by molar-refractivity contribution is 5.82. The minimum Gasteiger partial charge on any atom is -0.396 e. The number of nitrogens with zero attached hydrogens (tertiary/aromatic N) is 4. The van der Waals surface area contributed by atoms with Crippen LogP contribution in [0.25, 0.3) is 11.2 Å². The van der Waals surface area contributed by atoms with Crippen LogP contribution in [-0.4, -0.2) is 50.0 Å². The average molecular weight is 265 g/mol. The molecule has 0 fully saturated rings. The largest absolute Gasteiger partial charge is 0.396 e. The molecule has 19 heavy (non-hydrogen) atoms. The lowest BCUT2D eigenvalue weighted by molar-refractivity contribution is 0.141. The van der Waals surface area contributed by atoms with Gasteiger partial charge in [-0.3, -0.25) is 0 Å². The summed E-state index contributed by atoms with van der Waals surface area (Å²) in [5.74, 6) is 0.671. The van der Waals surface area contributed by atoms with Crippen molar-refractivity contribution in [3.8, 4) is 0 Å². The molecular formula is C12H19N5O2. The predicted octanol–water partition coefficient (Wildman–Crippen LogP) is 0.249. The van der Waals surface area contributed by atoms with Crippen molar-refractivity contribution in [3.05, 3.63) is 12.7 Å². The summed E-state index contributed by atoms with van der Waals surface area (Å²) in [6.07, 6.45) is 4.89. The Morgan fingerprint density at radius 1 is 1.26 bits per heavy atom. The number of nitrogens with one attached hydrogen (secondary N) is 1. The SMILES string of the molecule is CNc1ncnc2c1ncn2CCCC(CO)CO. The quantitative estimate of drug-likeness (QED) is 0.664. The Balaban J connectivity index is 2.05. The molecule has 2 aromatic heterocycles. The van der Waals surface area contributed by atoms with Crippen molar-refractivity contribution in [1.82, 2.24) is 19.5 Å². The number of aromatic nitrogens is 4. The van der Waals surface area contributed by atoms with E-state index in [0.717, 1.165) is 30.6 Å². The van der Waals surface area contributed by atoms with Crippen LogP contribution in [0.3, 0.4) is 0 Å². The molecule has 7 heteroatoms. The molecule has 3 N–H and O–H groups in total. The van der Waals surface area contributed by atoms with Gasteiger partial charge in [0.2, 0.25) is 0 Å². The minimum absolute atomic E-state index is 0.0211. The molecule has 7 nitrogen and oxygen atoms in total. The van der Waals surface area contributed by atoms with E-state index < -0.39 is 0 Å². The summed E-state index contributed by atoms with van der Waals surface area (Å²) in [5.41, 5.74) is 1.55. The van der Waals surface area contributed by atoms with Crippen molar-refractivity contribution in [2.45, 2.75) is 19.4 Å². The monoisotopic (exact) mass is 265 g/mol. The number of hydrogen-bond acceptors (Lipinski definition) is 6. The maximum Gasteiger partial charge on any atom is 0.165 e. The lowest BCUT2D eigenvalue weighted by Crippen LogP contribution is -2.12. The van der Waals surface area contributed by atoms with E-state index in [1.165, 1.54) is 6.33 Å². The van der Waals surface area contributed by atoms with Gasteiger partial charge < -0.3 is 20.1 Å². The number of fused-ring (bicyclic) bond motifs is 1. The van der Waals surface area contributed by atoms with E-state index in [1.807, 2.05) is 4.57 Å². The first-order valence-electron chi connectivity index (χ1n) is 6.35. The van der Waals surface area contributed by atoms with Crippen LogP contribution in [-0.2, 0) is 6.54 Å². The van der Waals surface area contributed by atoms with Crippen LogP contribution in [0.15, 0.2) is 12.7 Å². The molecular weight excluding hydrogens is 246 g/mol. The zero-order chi connectivity index (χ0) is 13.7. The Morgan fingerprint density at radius 2 is 2.05 bits per heavy atom. The van der Waals surface area contributed by atoms with Crippen molar-refractivity contribution in [2.24, 2.45) is 5.92 Å². The molecule has 2 aromatic rings. The van der Waals surface area contributed by atoms with Gasteiger partial charge in [-0.2, -0.15) is 0 Å². The Kier molecular flexibility index (Phi) is 4.64. The van der Waals surface area contributed by atoms with Crippen molar-refractivity contribution in [3.63, 3.8) is 0 Å². The predicted molar refractivity (Wildman–Crippen MR) is 71.8 cm³/mol. The Labute approximate surface area is 111 Å². The normalized spacial score (nSPS) is 11.4. The Hall–Kier alpha value is -1.73. The third-order valence-corrected chi connectivity index (χ3v) is 3.17. The molecule has 0 saturated heterocycles. The molecule has 0 unspecified atom stereocenters. The maximum atomic E-state index is 9.02. The molecule has 104 valence electrons. The van der Waals surface area contributed by atoms with Crippen molar-refractivity contribution in [1.29, 1.82) is 0 Å². The molecule has 2 heterocycles. The second kappa shape index (κ2) is 6.44. The van der Waals surface area contributed by atoms with Crippen LogP contribution in [0, 0.1) is 5.92 Å². The number of hydrogen-bond donors (Lipinski definition) is 3. The van der Waals surface area contributed by atoms with Crippen LogP contribution < -0.4 is 5.32 Å². The van der Waals surface area contributed by atoms with Gasteiger partial charge >= 0.3 is 0 Å². The van der Waals surface area contributed by atoms with Gasteiger partial charge in [-0.1, -0.05) is 0 Å². The lowest BCUT2D eigenvalue weighted by Gasteiger charge is -2.10. The lowest BCUT2D eigenvalue weighted by atomic mass is 10.1. The molecule has 0 spiro atoms. The number of anilines is 1. The van der Waals surface area contributed by atoms with E-state index in [0.29, 0.717) is 5.82 Å². The zero-order valence-electron chi connectivity index (χ0n) is 11.0. The Morgan fingerprint density at radius 3 is 2.74 bits per heavy atom. The third kappa shape index (κ3) is 2.99. The number of rotatable bonds is 7. The van der Waals surface area contributed by atoms with Crippen LogP contribution in [0.2, 0.25) is 0 Å². The highest BCUT2D eigenvalue weighted by atomic mass is 16.3. The molecule has 0 saturated carbocycles. The van der Waals surface area contributed by atoms with E-state index in [2.05, 4.69) is 20.3 Å². The highest BCUT2D eigenvalue weighted by Crippen LogP contribution is 2.17. The topological polar surface area (TPSA) is 96.1 Å². The molecule has 0 bridgehead atoms. The van der Waals surface area contributed by atoms with Crippen molar-refractivity contribution >= 4 is 17.0 Å². The Bertz CT molecular complexity index is 524. The fourth-order valence-electron chi connectivity index (χ4n) is 2.02. The maximum absolute atomic E-state index is 9.02. The number of imidazole rings is 1. The van der Waals surface area contributed by atoms with E-state index in [1.54, 1.807) is 13.4 Å². The number of aryl methyl sites for hydroxylation is 1. The molecule has 0 amide bonds. The summed E-state index contributed by atoms with van der Waals surface area (Å²) < 4.78 is 1.96.